The number of benzene rings is 2. The SMILES string of the molecule is O=C(O)CCCC=C(c1ccc(NC(=O)Cc2ccc(Cl)cc2)cc1)c1cccnc1. The third-order valence-corrected chi connectivity index (χ3v) is 4.93. The van der Waals surface area contributed by atoms with Crippen LogP contribution in [0.2, 0.25) is 5.02 Å². The smallest absolute Gasteiger partial charge is 0.303 e. The summed E-state index contributed by atoms with van der Waals surface area (Å²) in [7, 11) is 0. The highest BCUT2D eigenvalue weighted by Crippen LogP contribution is 2.25. The fourth-order valence-corrected chi connectivity index (χ4v) is 3.28. The second kappa shape index (κ2) is 11.1. The summed E-state index contributed by atoms with van der Waals surface area (Å²) in [4.78, 5) is 27.3. The first kappa shape index (κ1) is 22.2. The molecule has 0 aliphatic rings. The van der Waals surface area contributed by atoms with Crippen LogP contribution in [0, 0.1) is 0 Å². The Balaban J connectivity index is 1.70. The van der Waals surface area contributed by atoms with Crippen LogP contribution in [0.25, 0.3) is 5.57 Å². The van der Waals surface area contributed by atoms with Crippen LogP contribution in [0.1, 0.15) is 36.0 Å². The van der Waals surface area contributed by atoms with Gasteiger partial charge in [-0.25, -0.2) is 0 Å². The predicted octanol–water partition coefficient (Wildman–Crippen LogP) is 5.60. The van der Waals surface area contributed by atoms with E-state index in [1.807, 2.05) is 54.6 Å². The van der Waals surface area contributed by atoms with E-state index in [1.54, 1.807) is 24.5 Å². The number of carbonyl (C=O) groups is 2. The Morgan fingerprint density at radius 1 is 1.00 bits per heavy atom. The highest BCUT2D eigenvalue weighted by Gasteiger charge is 2.08. The molecule has 0 fully saturated rings. The molecule has 1 amide bonds. The van der Waals surface area contributed by atoms with Crippen molar-refractivity contribution in [3.63, 3.8) is 0 Å². The molecule has 0 saturated carbocycles. The van der Waals surface area contributed by atoms with Gasteiger partial charge in [-0.15, -0.1) is 0 Å². The Morgan fingerprint density at radius 2 is 1.74 bits per heavy atom. The van der Waals surface area contributed by atoms with Crippen molar-refractivity contribution >= 4 is 34.7 Å². The molecule has 158 valence electrons. The summed E-state index contributed by atoms with van der Waals surface area (Å²) in [6, 6.07) is 18.6. The molecule has 3 rings (SSSR count). The third-order valence-electron chi connectivity index (χ3n) is 4.67. The fourth-order valence-electron chi connectivity index (χ4n) is 3.15. The number of rotatable bonds is 9. The van der Waals surface area contributed by atoms with E-state index in [-0.39, 0.29) is 18.7 Å². The summed E-state index contributed by atoms with van der Waals surface area (Å²) in [5.74, 6) is -0.901. The maximum atomic E-state index is 12.3. The molecule has 0 spiro atoms. The Labute approximate surface area is 186 Å². The van der Waals surface area contributed by atoms with Crippen molar-refractivity contribution in [2.45, 2.75) is 25.7 Å². The Bertz CT molecular complexity index is 1050. The molecule has 6 heteroatoms. The number of carbonyl (C=O) groups excluding carboxylic acids is 1. The van der Waals surface area contributed by atoms with E-state index in [0.717, 1.165) is 22.3 Å². The molecule has 0 unspecified atom stereocenters. The first-order chi connectivity index (χ1) is 15.0. The molecular weight excluding hydrogens is 412 g/mol. The molecule has 0 saturated heterocycles. The molecule has 0 bridgehead atoms. The van der Waals surface area contributed by atoms with Gasteiger partial charge in [-0.3, -0.25) is 14.6 Å². The molecule has 0 radical (unpaired) electrons. The minimum atomic E-state index is -0.796. The van der Waals surface area contributed by atoms with Crippen molar-refractivity contribution in [3.8, 4) is 0 Å². The van der Waals surface area contributed by atoms with Gasteiger partial charge in [0, 0.05) is 35.1 Å². The lowest BCUT2D eigenvalue weighted by atomic mass is 9.97. The number of pyridine rings is 1. The summed E-state index contributed by atoms with van der Waals surface area (Å²) >= 11 is 5.88. The van der Waals surface area contributed by atoms with Gasteiger partial charge in [0.1, 0.15) is 0 Å². The van der Waals surface area contributed by atoms with Gasteiger partial charge in [0.05, 0.1) is 6.42 Å². The number of aliphatic carboxylic acids is 1. The van der Waals surface area contributed by atoms with Crippen LogP contribution in [0.4, 0.5) is 5.69 Å². The van der Waals surface area contributed by atoms with Crippen LogP contribution in [0.3, 0.4) is 0 Å². The van der Waals surface area contributed by atoms with Crippen molar-refractivity contribution in [3.05, 3.63) is 101 Å². The van der Waals surface area contributed by atoms with Gasteiger partial charge in [0.15, 0.2) is 0 Å². The number of unbranched alkanes of at least 4 members (excludes halogenated alkanes) is 1. The molecule has 3 aromatic rings. The van der Waals surface area contributed by atoms with Crippen molar-refractivity contribution in [2.75, 3.05) is 5.32 Å². The highest BCUT2D eigenvalue weighted by atomic mass is 35.5. The van der Waals surface area contributed by atoms with Gasteiger partial charge in [-0.05, 0) is 59.9 Å². The number of hydrogen-bond donors (Lipinski definition) is 2. The van der Waals surface area contributed by atoms with Gasteiger partial charge in [-0.1, -0.05) is 48.0 Å². The van der Waals surface area contributed by atoms with Crippen LogP contribution in [0.15, 0.2) is 79.1 Å². The zero-order valence-corrected chi connectivity index (χ0v) is 17.7. The van der Waals surface area contributed by atoms with Crippen LogP contribution in [-0.4, -0.2) is 22.0 Å². The van der Waals surface area contributed by atoms with E-state index >= 15 is 0 Å². The van der Waals surface area contributed by atoms with Gasteiger partial charge in [-0.2, -0.15) is 0 Å². The zero-order valence-electron chi connectivity index (χ0n) is 16.9. The van der Waals surface area contributed by atoms with Crippen molar-refractivity contribution in [1.29, 1.82) is 0 Å². The van der Waals surface area contributed by atoms with Crippen LogP contribution < -0.4 is 5.32 Å². The number of carboxylic acid groups (broad SMARTS) is 1. The lowest BCUT2D eigenvalue weighted by Gasteiger charge is -2.11. The Kier molecular flexibility index (Phi) is 7.96. The lowest BCUT2D eigenvalue weighted by molar-refractivity contribution is -0.137. The van der Waals surface area contributed by atoms with Crippen LogP contribution in [-0.2, 0) is 16.0 Å². The number of hydrogen-bond acceptors (Lipinski definition) is 3. The molecule has 1 aromatic heterocycles. The number of amides is 1. The second-order valence-corrected chi connectivity index (χ2v) is 7.51. The molecule has 31 heavy (non-hydrogen) atoms. The van der Waals surface area contributed by atoms with Crippen molar-refractivity contribution in [2.24, 2.45) is 0 Å². The van der Waals surface area contributed by atoms with E-state index in [0.29, 0.717) is 23.6 Å². The molecule has 0 aliphatic carbocycles. The molecule has 2 N–H and O–H groups in total. The van der Waals surface area contributed by atoms with Gasteiger partial charge in [0.25, 0.3) is 0 Å². The quantitative estimate of drug-likeness (QED) is 0.429. The Morgan fingerprint density at radius 3 is 2.39 bits per heavy atom. The van der Waals surface area contributed by atoms with Crippen LogP contribution in [0.5, 0.6) is 0 Å². The second-order valence-electron chi connectivity index (χ2n) is 7.07. The van der Waals surface area contributed by atoms with Crippen molar-refractivity contribution in [1.82, 2.24) is 4.98 Å². The molecular formula is C25H23ClN2O3. The maximum Gasteiger partial charge on any atom is 0.303 e. The highest BCUT2D eigenvalue weighted by molar-refractivity contribution is 6.30. The predicted molar refractivity (Wildman–Crippen MR) is 123 cm³/mol. The molecule has 1 heterocycles. The standard InChI is InChI=1S/C25H23ClN2O3/c26-21-11-7-18(8-12-21)16-24(29)28-22-13-9-19(10-14-22)23(5-1-2-6-25(30)31)20-4-3-15-27-17-20/h3-5,7-15,17H,1-2,6,16H2,(H,28,29)(H,30,31). The summed E-state index contributed by atoms with van der Waals surface area (Å²) in [5, 5.41) is 12.4. The Hall–Kier alpha value is -3.44. The number of halogens is 1. The van der Waals surface area contributed by atoms with E-state index in [2.05, 4.69) is 10.3 Å². The van der Waals surface area contributed by atoms with E-state index in [4.69, 9.17) is 16.7 Å². The number of carboxylic acids is 1. The average molecular weight is 435 g/mol. The summed E-state index contributed by atoms with van der Waals surface area (Å²) in [6.07, 6.45) is 7.15. The van der Waals surface area contributed by atoms with Gasteiger partial charge < -0.3 is 10.4 Å². The summed E-state index contributed by atoms with van der Waals surface area (Å²) < 4.78 is 0. The minimum Gasteiger partial charge on any atom is -0.481 e. The normalized spacial score (nSPS) is 11.2. The number of allylic oxidation sites excluding steroid dienone is 1. The lowest BCUT2D eigenvalue weighted by Crippen LogP contribution is -2.14. The number of aromatic nitrogens is 1. The molecule has 2 aromatic carbocycles. The monoisotopic (exact) mass is 434 g/mol. The number of nitrogens with zero attached hydrogens (tertiary/aromatic N) is 1. The summed E-state index contributed by atoms with van der Waals surface area (Å²) in [6.45, 7) is 0. The maximum absolute atomic E-state index is 12.3. The minimum absolute atomic E-state index is 0.105. The van der Waals surface area contributed by atoms with Crippen molar-refractivity contribution < 1.29 is 14.7 Å². The zero-order chi connectivity index (χ0) is 22.1. The first-order valence-electron chi connectivity index (χ1n) is 9.98. The number of anilines is 1. The average Bonchev–Trinajstić information content (AvgIpc) is 2.76. The topological polar surface area (TPSA) is 79.3 Å². The van der Waals surface area contributed by atoms with E-state index in [9.17, 15) is 9.59 Å². The van der Waals surface area contributed by atoms with Gasteiger partial charge >= 0.3 is 5.97 Å². The van der Waals surface area contributed by atoms with E-state index < -0.39 is 5.97 Å². The molecule has 0 atom stereocenters. The molecule has 0 aliphatic heterocycles. The van der Waals surface area contributed by atoms with Crippen LogP contribution >= 0.6 is 11.6 Å². The fraction of sp³-hybridized carbons (Fsp3) is 0.160. The largest absolute Gasteiger partial charge is 0.481 e. The first-order valence-corrected chi connectivity index (χ1v) is 10.4. The summed E-state index contributed by atoms with van der Waals surface area (Å²) in [5.41, 5.74) is 4.51. The third kappa shape index (κ3) is 7.08. The van der Waals surface area contributed by atoms with E-state index in [1.165, 1.54) is 0 Å². The molecule has 5 nitrogen and oxygen atoms in total. The van der Waals surface area contributed by atoms with Gasteiger partial charge in [0.2, 0.25) is 5.91 Å². The number of nitrogens with one attached hydrogen (secondary N) is 1.